The molecule has 2 aromatic rings. The molecule has 0 unspecified atom stereocenters. The zero-order valence-corrected chi connectivity index (χ0v) is 22.7. The van der Waals surface area contributed by atoms with E-state index in [1.165, 1.54) is 23.3 Å². The fourth-order valence-corrected chi connectivity index (χ4v) is 6.73. The Morgan fingerprint density at radius 2 is 1.88 bits per heavy atom. The quantitative estimate of drug-likeness (QED) is 0.436. The van der Waals surface area contributed by atoms with Crippen LogP contribution >= 0.6 is 0 Å². The van der Waals surface area contributed by atoms with Gasteiger partial charge in [-0.3, -0.25) is 9.59 Å². The first-order chi connectivity index (χ1) is 19.2. The molecule has 2 fully saturated rings. The summed E-state index contributed by atoms with van der Waals surface area (Å²) in [5, 5.41) is 9.13. The van der Waals surface area contributed by atoms with Gasteiger partial charge in [0, 0.05) is 30.7 Å². The lowest BCUT2D eigenvalue weighted by Crippen LogP contribution is -2.64. The van der Waals surface area contributed by atoms with E-state index in [2.05, 4.69) is 52.4 Å². The molecular weight excluding hydrogens is 519 g/mol. The summed E-state index contributed by atoms with van der Waals surface area (Å²) in [4.78, 5) is 25.8. The number of rotatable bonds is 8. The minimum atomic E-state index is -4.56. The molecule has 3 N–H and O–H groups in total. The first-order valence-corrected chi connectivity index (χ1v) is 14.0. The van der Waals surface area contributed by atoms with Crippen LogP contribution in [0, 0.1) is 5.92 Å². The molecule has 0 bridgehead atoms. The molecule has 214 valence electrons. The van der Waals surface area contributed by atoms with Gasteiger partial charge in [0.15, 0.2) is 0 Å². The molecule has 1 spiro atoms. The van der Waals surface area contributed by atoms with Gasteiger partial charge < -0.3 is 20.7 Å². The molecule has 2 amide bonds. The van der Waals surface area contributed by atoms with E-state index in [-0.39, 0.29) is 35.5 Å². The van der Waals surface area contributed by atoms with Crippen LogP contribution in [0.1, 0.15) is 66.1 Å². The van der Waals surface area contributed by atoms with Gasteiger partial charge in [0.05, 0.1) is 23.8 Å². The van der Waals surface area contributed by atoms with Crippen LogP contribution in [0.2, 0.25) is 0 Å². The second-order valence-electron chi connectivity index (χ2n) is 11.2. The Hall–Kier alpha value is -3.17. The molecule has 40 heavy (non-hydrogen) atoms. The molecule has 1 saturated carbocycles. The van der Waals surface area contributed by atoms with Crippen molar-refractivity contribution in [3.05, 3.63) is 76.9 Å². The predicted octanol–water partition coefficient (Wildman–Crippen LogP) is 4.84. The van der Waals surface area contributed by atoms with Gasteiger partial charge in [-0.15, -0.1) is 0 Å². The van der Waals surface area contributed by atoms with Crippen LogP contribution in [0.25, 0.3) is 6.08 Å². The van der Waals surface area contributed by atoms with E-state index >= 15 is 0 Å². The molecule has 0 radical (unpaired) electrons. The highest BCUT2D eigenvalue weighted by atomic mass is 19.4. The summed E-state index contributed by atoms with van der Waals surface area (Å²) >= 11 is 0. The average molecular weight is 556 g/mol. The van der Waals surface area contributed by atoms with E-state index in [9.17, 15) is 22.8 Å². The van der Waals surface area contributed by atoms with Gasteiger partial charge in [-0.2, -0.15) is 13.2 Å². The topological polar surface area (TPSA) is 79.5 Å². The number of hydrogen-bond donors (Lipinski definition) is 3. The number of carbonyl (C=O) groups excluding carboxylic acids is 2. The summed E-state index contributed by atoms with van der Waals surface area (Å²) in [7, 11) is 0. The molecule has 6 nitrogen and oxygen atoms in total. The fraction of sp³-hybridized carbons (Fsp3) is 0.484. The molecule has 2 aliphatic carbocycles. The van der Waals surface area contributed by atoms with Crippen LogP contribution in [0.5, 0.6) is 0 Å². The minimum absolute atomic E-state index is 0.0169. The average Bonchev–Trinajstić information content (AvgIpc) is 3.52. The van der Waals surface area contributed by atoms with E-state index < -0.39 is 23.2 Å². The van der Waals surface area contributed by atoms with Gasteiger partial charge in [-0.05, 0) is 67.3 Å². The Balaban J connectivity index is 1.28. The van der Waals surface area contributed by atoms with E-state index in [4.69, 9.17) is 4.74 Å². The summed E-state index contributed by atoms with van der Waals surface area (Å²) < 4.78 is 45.5. The minimum Gasteiger partial charge on any atom is -0.374 e. The fourth-order valence-electron chi connectivity index (χ4n) is 6.73. The van der Waals surface area contributed by atoms with Crippen LogP contribution in [0.3, 0.4) is 0 Å². The first-order valence-electron chi connectivity index (χ1n) is 14.0. The third-order valence-electron chi connectivity index (χ3n) is 8.76. The Labute approximate surface area is 232 Å². The molecule has 1 aliphatic heterocycles. The number of amides is 2. The zero-order valence-electron chi connectivity index (χ0n) is 22.7. The van der Waals surface area contributed by atoms with Gasteiger partial charge in [-0.25, -0.2) is 0 Å². The standard InChI is InChI=1S/C31H36F3N3O3/c1-2-16-40-26-18-35-20-30(26,23-11-14-29(15-12-23)13-10-21-6-3-4-9-25(21)29)37-27(38)19-36-28(39)22-7-5-8-24(17-22)31(32,33)34/h3-10,13,17,23,26,35H,2,11-12,14-16,18-20H2,1H3,(H,36,39)(H,37,38)/t23?,26-,29?,30+/m0/s1. The van der Waals surface area contributed by atoms with E-state index in [0.717, 1.165) is 44.2 Å². The van der Waals surface area contributed by atoms with Crippen molar-refractivity contribution in [2.45, 2.75) is 62.3 Å². The number of alkyl halides is 3. The Morgan fingerprint density at radius 1 is 1.10 bits per heavy atom. The highest BCUT2D eigenvalue weighted by molar-refractivity contribution is 5.96. The van der Waals surface area contributed by atoms with Gasteiger partial charge in [0.2, 0.25) is 5.91 Å². The smallest absolute Gasteiger partial charge is 0.374 e. The summed E-state index contributed by atoms with van der Waals surface area (Å²) in [6.45, 7) is 3.44. The molecule has 1 heterocycles. The SMILES string of the molecule is CCCO[C@H]1CNC[C@@]1(NC(=O)CNC(=O)c1cccc(C(F)(F)F)c1)C1CCC2(C=Cc3ccccc32)CC1. The molecule has 2 atom stereocenters. The van der Waals surface area contributed by atoms with Crippen molar-refractivity contribution in [2.75, 3.05) is 26.2 Å². The van der Waals surface area contributed by atoms with Gasteiger partial charge in [0.1, 0.15) is 0 Å². The summed E-state index contributed by atoms with van der Waals surface area (Å²) in [5.74, 6) is -0.954. The number of benzene rings is 2. The van der Waals surface area contributed by atoms with Crippen LogP contribution in [0.15, 0.2) is 54.6 Å². The molecule has 2 aromatic carbocycles. The summed E-state index contributed by atoms with van der Waals surface area (Å²) in [5.41, 5.74) is 0.955. The maximum Gasteiger partial charge on any atom is 0.416 e. The van der Waals surface area contributed by atoms with Crippen molar-refractivity contribution in [1.29, 1.82) is 0 Å². The molecule has 0 aromatic heterocycles. The number of fused-ring (bicyclic) bond motifs is 2. The van der Waals surface area contributed by atoms with E-state index in [0.29, 0.717) is 19.7 Å². The highest BCUT2D eigenvalue weighted by Crippen LogP contribution is 2.50. The van der Waals surface area contributed by atoms with Gasteiger partial charge in [0.25, 0.3) is 5.91 Å². The number of allylic oxidation sites excluding steroid dienone is 1. The van der Waals surface area contributed by atoms with Gasteiger partial charge in [-0.1, -0.05) is 49.4 Å². The van der Waals surface area contributed by atoms with Crippen molar-refractivity contribution >= 4 is 17.9 Å². The maximum absolute atomic E-state index is 13.2. The number of carbonyl (C=O) groups is 2. The number of nitrogens with one attached hydrogen (secondary N) is 3. The highest BCUT2D eigenvalue weighted by Gasteiger charge is 2.53. The third kappa shape index (κ3) is 5.54. The normalized spacial score (nSPS) is 27.5. The molecule has 9 heteroatoms. The van der Waals surface area contributed by atoms with Crippen LogP contribution in [-0.4, -0.2) is 49.7 Å². The second-order valence-corrected chi connectivity index (χ2v) is 11.2. The van der Waals surface area contributed by atoms with Crippen LogP contribution in [-0.2, 0) is 21.1 Å². The van der Waals surface area contributed by atoms with Crippen LogP contribution in [0.4, 0.5) is 13.2 Å². The zero-order chi connectivity index (χ0) is 28.4. The van der Waals surface area contributed by atoms with Crippen LogP contribution < -0.4 is 16.0 Å². The molecule has 1 saturated heterocycles. The van der Waals surface area contributed by atoms with Gasteiger partial charge >= 0.3 is 6.18 Å². The molecular formula is C31H36F3N3O3. The Kier molecular flexibility index (Phi) is 8.06. The van der Waals surface area contributed by atoms with Crippen molar-refractivity contribution in [1.82, 2.24) is 16.0 Å². The van der Waals surface area contributed by atoms with Crippen molar-refractivity contribution in [2.24, 2.45) is 5.92 Å². The monoisotopic (exact) mass is 555 g/mol. The number of ether oxygens (including phenoxy) is 1. The maximum atomic E-state index is 13.2. The molecule has 3 aliphatic rings. The summed E-state index contributed by atoms with van der Waals surface area (Å²) in [6.07, 6.45) is 4.37. The second kappa shape index (κ2) is 11.4. The lowest BCUT2D eigenvalue weighted by molar-refractivity contribution is -0.137. The van der Waals surface area contributed by atoms with Crippen molar-refractivity contribution < 1.29 is 27.5 Å². The Bertz CT molecular complexity index is 1270. The largest absolute Gasteiger partial charge is 0.416 e. The molecule has 5 rings (SSSR count). The predicted molar refractivity (Wildman–Crippen MR) is 147 cm³/mol. The van der Waals surface area contributed by atoms with Crippen molar-refractivity contribution in [3.63, 3.8) is 0 Å². The van der Waals surface area contributed by atoms with E-state index in [1.54, 1.807) is 0 Å². The Morgan fingerprint density at radius 3 is 2.62 bits per heavy atom. The number of halogens is 3. The lowest BCUT2D eigenvalue weighted by atomic mass is 9.63. The summed E-state index contributed by atoms with van der Waals surface area (Å²) in [6, 6.07) is 12.7. The lowest BCUT2D eigenvalue weighted by Gasteiger charge is -2.47. The number of hydrogen-bond acceptors (Lipinski definition) is 4. The van der Waals surface area contributed by atoms with E-state index in [1.807, 2.05) is 6.92 Å². The third-order valence-corrected chi connectivity index (χ3v) is 8.76. The van der Waals surface area contributed by atoms with Crippen molar-refractivity contribution in [3.8, 4) is 0 Å². The first kappa shape index (κ1) is 28.4.